The minimum absolute atomic E-state index is 0.0580. The lowest BCUT2D eigenvalue weighted by Crippen LogP contribution is -2.12. The average Bonchev–Trinajstić information content (AvgIpc) is 3.56. The minimum atomic E-state index is -3.90. The molecule has 12 nitrogen and oxygen atoms in total. The lowest BCUT2D eigenvalue weighted by Gasteiger charge is -2.18. The number of nitrogens with zero attached hydrogens (tertiary/aromatic N) is 5. The number of sulfonamides is 1. The topological polar surface area (TPSA) is 180 Å². The Balaban J connectivity index is 0.000000157. The summed E-state index contributed by atoms with van der Waals surface area (Å²) >= 11 is 24.5. The highest BCUT2D eigenvalue weighted by Gasteiger charge is 2.19. The van der Waals surface area contributed by atoms with E-state index in [1.54, 1.807) is 12.4 Å². The van der Waals surface area contributed by atoms with Crippen LogP contribution in [0.1, 0.15) is 16.8 Å². The molecule has 0 saturated heterocycles. The summed E-state index contributed by atoms with van der Waals surface area (Å²) in [6.07, 6.45) is 5.58. The van der Waals surface area contributed by atoms with Gasteiger partial charge < -0.3 is 5.32 Å². The van der Waals surface area contributed by atoms with Crippen molar-refractivity contribution in [2.24, 2.45) is 5.14 Å². The van der Waals surface area contributed by atoms with E-state index in [9.17, 15) is 16.8 Å². The zero-order chi connectivity index (χ0) is 55.6. The second kappa shape index (κ2) is 25.4. The normalized spacial score (nSPS) is 11.2. The average molecular weight is 1150 g/mol. The summed E-state index contributed by atoms with van der Waals surface area (Å²) in [5, 5.41) is 16.5. The molecule has 0 amide bonds. The number of nitrogens with one attached hydrogen (secondary N) is 1. The van der Waals surface area contributed by atoms with E-state index in [2.05, 4.69) is 78.0 Å². The first-order chi connectivity index (χ1) is 37.4. The lowest BCUT2D eigenvalue weighted by molar-refractivity contribution is 0.403. The maximum Gasteiger partial charge on any atom is 0.264 e. The predicted molar refractivity (Wildman–Crippen MR) is 319 cm³/mol. The largest absolute Gasteiger partial charge is 0.364 e. The van der Waals surface area contributed by atoms with Crippen molar-refractivity contribution in [2.45, 2.75) is 25.3 Å². The van der Waals surface area contributed by atoms with Gasteiger partial charge in [-0.25, -0.2) is 28.5 Å². The fourth-order valence-electron chi connectivity index (χ4n) is 8.52. The molecule has 0 spiro atoms. The molecule has 5 heterocycles. The van der Waals surface area contributed by atoms with E-state index in [0.717, 1.165) is 95.9 Å². The monoisotopic (exact) mass is 1150 g/mol. The van der Waals surface area contributed by atoms with Crippen molar-refractivity contribution in [3.05, 3.63) is 232 Å². The van der Waals surface area contributed by atoms with Crippen LogP contribution in [0.4, 0.5) is 5.82 Å². The number of fused-ring (bicyclic) bond motifs is 3. The molecule has 0 aliphatic carbocycles. The van der Waals surface area contributed by atoms with Crippen molar-refractivity contribution in [3.63, 3.8) is 0 Å². The molecule has 0 bridgehead atoms. The Morgan fingerprint density at radius 1 is 0.538 bits per heavy atom. The lowest BCUT2D eigenvalue weighted by atomic mass is 9.94. The molecule has 5 aromatic heterocycles. The Bertz CT molecular complexity index is 4150. The van der Waals surface area contributed by atoms with Crippen LogP contribution in [-0.4, -0.2) is 55.1 Å². The fourth-order valence-corrected chi connectivity index (χ4v) is 10.1. The van der Waals surface area contributed by atoms with Crippen molar-refractivity contribution < 1.29 is 21.0 Å². The molecular formula is C60H49Cl4N7O5S2. The summed E-state index contributed by atoms with van der Waals surface area (Å²) in [6.45, 7) is 4.42. The first-order valence-electron chi connectivity index (χ1n) is 23.9. The predicted octanol–water partition coefficient (Wildman–Crippen LogP) is 15.2. The molecule has 0 radical (unpaired) electrons. The number of hydrogen-bond acceptors (Lipinski definition) is 11. The smallest absolute Gasteiger partial charge is 0.264 e. The van der Waals surface area contributed by atoms with Crippen molar-refractivity contribution in [1.82, 2.24) is 24.9 Å². The molecule has 11 aromatic rings. The van der Waals surface area contributed by atoms with Crippen LogP contribution in [0.5, 0.6) is 0 Å². The zero-order valence-corrected chi connectivity index (χ0v) is 47.0. The molecule has 0 saturated carbocycles. The number of rotatable bonds is 9. The van der Waals surface area contributed by atoms with E-state index in [4.69, 9.17) is 56.5 Å². The first kappa shape index (κ1) is 56.8. The maximum absolute atomic E-state index is 11.9. The Morgan fingerprint density at radius 2 is 1.05 bits per heavy atom. The first-order valence-corrected chi connectivity index (χ1v) is 28.8. The van der Waals surface area contributed by atoms with Crippen molar-refractivity contribution in [3.8, 4) is 44.6 Å². The molecular weight excluding hydrogens is 1100 g/mol. The van der Waals surface area contributed by atoms with Crippen LogP contribution in [0.25, 0.3) is 77.0 Å². The third-order valence-corrected chi connectivity index (χ3v) is 14.9. The van der Waals surface area contributed by atoms with Crippen LogP contribution in [0.15, 0.2) is 199 Å². The maximum atomic E-state index is 11.9. The van der Waals surface area contributed by atoms with Gasteiger partial charge in [-0.3, -0.25) is 14.2 Å². The van der Waals surface area contributed by atoms with E-state index in [1.165, 1.54) is 12.3 Å². The number of anilines is 1. The van der Waals surface area contributed by atoms with Crippen LogP contribution in [0.3, 0.4) is 0 Å². The molecule has 0 fully saturated rings. The van der Waals surface area contributed by atoms with Gasteiger partial charge in [-0.1, -0.05) is 198 Å². The van der Waals surface area contributed by atoms with Gasteiger partial charge in [-0.05, 0) is 98.8 Å². The summed E-state index contributed by atoms with van der Waals surface area (Å²) in [5.41, 5.74) is 10.5. The minimum Gasteiger partial charge on any atom is -0.364 e. The standard InChI is InChI=1S/C27H23N5O2S.C16H11Cl2N.C15H9Cl2N.C2H6O3S/c1-18-23-11-7-12-24(19-8-3-2-4-9-19)25(23)27(31-16-21-10-5-6-13-30-21)32-26(18)20-14-22(17-29-15-20)35(28,33)34;1-10-12-8-5-9-13(11-6-3-2-4-7-11)14(12)16(18)19-15(10)17;16-13-9-11-7-4-8-12(14(11)15(17)18-13)10-5-2-1-3-6-10;1-5-6(2,3)4/h2-15,17H,16H2,1H3,(H,31,32)(H2,28,33,34);2-9H,1H3;1-9H;1-2H3. The quantitative estimate of drug-likeness (QED) is 0.104. The summed E-state index contributed by atoms with van der Waals surface area (Å²) in [5.74, 6) is 0.673. The molecule has 11 rings (SSSR count). The second-order valence-electron chi connectivity index (χ2n) is 17.4. The summed E-state index contributed by atoms with van der Waals surface area (Å²) in [4.78, 5) is 21.8. The van der Waals surface area contributed by atoms with Gasteiger partial charge in [0.2, 0.25) is 10.0 Å². The van der Waals surface area contributed by atoms with Gasteiger partial charge >= 0.3 is 0 Å². The number of halogens is 4. The summed E-state index contributed by atoms with van der Waals surface area (Å²) in [6, 6.07) is 57.8. The van der Waals surface area contributed by atoms with E-state index in [1.807, 2.05) is 135 Å². The van der Waals surface area contributed by atoms with E-state index < -0.39 is 20.1 Å². The molecule has 394 valence electrons. The number of benzene rings is 6. The third-order valence-electron chi connectivity index (χ3n) is 12.3. The molecule has 0 aliphatic rings. The van der Waals surface area contributed by atoms with Crippen molar-refractivity contribution in [2.75, 3.05) is 18.7 Å². The molecule has 78 heavy (non-hydrogen) atoms. The van der Waals surface area contributed by atoms with Gasteiger partial charge in [0.15, 0.2) is 0 Å². The Labute approximate surface area is 473 Å². The van der Waals surface area contributed by atoms with Gasteiger partial charge in [-0.15, -0.1) is 0 Å². The Kier molecular flexibility index (Phi) is 18.5. The Hall–Kier alpha value is -7.37. The van der Waals surface area contributed by atoms with Gasteiger partial charge in [0.25, 0.3) is 10.1 Å². The fraction of sp³-hybridized carbons (Fsp3) is 0.0833. The number of nitrogens with two attached hydrogens (primary N) is 1. The SMILES string of the molecule is COS(C)(=O)=O.Cc1c(-c2cncc(S(N)(=O)=O)c2)nc(NCc2ccccn2)c2c(-c3ccccc3)cccc12.Cc1c(Cl)nc(Cl)c2c(-c3ccccc3)cccc12.Clc1cc2cccc(-c3ccccc3)c2c(Cl)n1. The zero-order valence-electron chi connectivity index (χ0n) is 42.4. The van der Waals surface area contributed by atoms with E-state index in [-0.39, 0.29) is 4.90 Å². The van der Waals surface area contributed by atoms with Crippen LogP contribution < -0.4 is 10.5 Å². The highest BCUT2D eigenvalue weighted by Crippen LogP contribution is 2.40. The molecule has 18 heteroatoms. The number of aromatic nitrogens is 5. The van der Waals surface area contributed by atoms with Crippen molar-refractivity contribution in [1.29, 1.82) is 0 Å². The molecule has 0 unspecified atom stereocenters. The summed E-state index contributed by atoms with van der Waals surface area (Å²) < 4.78 is 47.3. The van der Waals surface area contributed by atoms with Crippen LogP contribution >= 0.6 is 46.4 Å². The molecule has 3 N–H and O–H groups in total. The Morgan fingerprint density at radius 3 is 1.59 bits per heavy atom. The highest BCUT2D eigenvalue weighted by molar-refractivity contribution is 7.89. The third kappa shape index (κ3) is 13.8. The van der Waals surface area contributed by atoms with Crippen LogP contribution in [-0.2, 0) is 30.9 Å². The number of primary sulfonamides is 1. The second-order valence-corrected chi connectivity index (χ2v) is 22.2. The summed E-state index contributed by atoms with van der Waals surface area (Å²) in [7, 11) is -5.94. The number of pyridine rings is 5. The molecule has 0 atom stereocenters. The van der Waals surface area contributed by atoms with Gasteiger partial charge in [0.05, 0.1) is 31.3 Å². The van der Waals surface area contributed by atoms with E-state index in [0.29, 0.717) is 44.2 Å². The highest BCUT2D eigenvalue weighted by atomic mass is 35.5. The van der Waals surface area contributed by atoms with Gasteiger partial charge in [0, 0.05) is 40.3 Å². The van der Waals surface area contributed by atoms with Gasteiger partial charge in [0.1, 0.15) is 31.3 Å². The van der Waals surface area contributed by atoms with Crippen LogP contribution in [0.2, 0.25) is 20.6 Å². The molecule has 6 aromatic carbocycles. The van der Waals surface area contributed by atoms with Crippen LogP contribution in [0, 0.1) is 13.8 Å². The molecule has 0 aliphatic heterocycles. The van der Waals surface area contributed by atoms with E-state index >= 15 is 0 Å². The van der Waals surface area contributed by atoms with Crippen molar-refractivity contribution >= 4 is 105 Å². The van der Waals surface area contributed by atoms with Gasteiger partial charge in [-0.2, -0.15) is 8.42 Å². The number of aryl methyl sites for hydroxylation is 2. The number of hydrogen-bond donors (Lipinski definition) is 2.